The van der Waals surface area contributed by atoms with Crippen LogP contribution in [0.4, 0.5) is 18.0 Å². The van der Waals surface area contributed by atoms with Crippen LogP contribution in [0, 0.1) is 0 Å². The molecule has 1 fully saturated rings. The molecular weight excluding hydrogens is 603 g/mol. The smallest absolute Gasteiger partial charge is 0.417 e. The lowest BCUT2D eigenvalue weighted by molar-refractivity contribution is -0.137. The van der Waals surface area contributed by atoms with Crippen molar-refractivity contribution in [1.82, 2.24) is 24.9 Å². The molecule has 0 unspecified atom stereocenters. The van der Waals surface area contributed by atoms with Gasteiger partial charge in [0, 0.05) is 30.4 Å². The van der Waals surface area contributed by atoms with Gasteiger partial charge in [-0.25, -0.2) is 9.78 Å². The Bertz CT molecular complexity index is 1620. The van der Waals surface area contributed by atoms with Crippen molar-refractivity contribution in [2.24, 2.45) is 0 Å². The summed E-state index contributed by atoms with van der Waals surface area (Å²) in [6.45, 7) is 12.8. The predicted molar refractivity (Wildman–Crippen MR) is 173 cm³/mol. The number of amides is 2. The minimum atomic E-state index is -4.63. The molecule has 8 nitrogen and oxygen atoms in total. The molecule has 244 valence electrons. The number of piperidine rings is 1. The van der Waals surface area contributed by atoms with E-state index < -0.39 is 23.4 Å². The van der Waals surface area contributed by atoms with Crippen LogP contribution in [-0.2, 0) is 17.5 Å². The number of thiazole rings is 1. The second kappa shape index (κ2) is 14.6. The van der Waals surface area contributed by atoms with Crippen molar-refractivity contribution in [3.63, 3.8) is 0 Å². The molecule has 3 heterocycles. The number of alkyl carbamates (subject to hydrolysis) is 1. The third-order valence-electron chi connectivity index (χ3n) is 7.24. The highest BCUT2D eigenvalue weighted by atomic mass is 32.1. The number of alkyl halides is 3. The van der Waals surface area contributed by atoms with Gasteiger partial charge in [0.05, 0.1) is 21.5 Å². The zero-order valence-electron chi connectivity index (χ0n) is 26.5. The van der Waals surface area contributed by atoms with Gasteiger partial charge in [-0.1, -0.05) is 43.7 Å². The molecule has 0 spiro atoms. The van der Waals surface area contributed by atoms with Gasteiger partial charge in [-0.05, 0) is 89.5 Å². The highest BCUT2D eigenvalue weighted by Gasteiger charge is 2.35. The van der Waals surface area contributed by atoms with Crippen LogP contribution < -0.4 is 10.6 Å². The van der Waals surface area contributed by atoms with Crippen molar-refractivity contribution in [2.75, 3.05) is 26.2 Å². The van der Waals surface area contributed by atoms with Crippen molar-refractivity contribution < 1.29 is 27.5 Å². The average molecular weight is 646 g/mol. The number of nitrogens with zero attached hydrogens (tertiary/aromatic N) is 3. The normalized spacial score (nSPS) is 14.2. The molecule has 2 amide bonds. The van der Waals surface area contributed by atoms with E-state index >= 15 is 0 Å². The van der Waals surface area contributed by atoms with E-state index in [-0.39, 0.29) is 29.3 Å². The third-order valence-corrected chi connectivity index (χ3v) is 8.26. The first-order valence-electron chi connectivity index (χ1n) is 15.5. The number of aromatic nitrogens is 2. The standard InChI is InChI=1S/C31H36F3N5O3S.C2H6/c1-30(2,3)42-29(41)36-18-20-8-10-22(23(16-20)31(32,33)34)24-19-39-25-11-9-21(17-26(25)43-28(39)37-24)27(40)35-12-7-15-38-13-5-4-6-14-38;1-2/h8-11,16-17,19H,4-7,12-15,18H2,1-3H3,(H,35,40)(H,36,41);1-2H3. The maximum Gasteiger partial charge on any atom is 0.417 e. The fourth-order valence-electron chi connectivity index (χ4n) is 5.21. The molecule has 4 aromatic rings. The van der Waals surface area contributed by atoms with E-state index in [0.29, 0.717) is 17.1 Å². The summed E-state index contributed by atoms with van der Waals surface area (Å²) in [5, 5.41) is 5.49. The Labute approximate surface area is 266 Å². The average Bonchev–Trinajstić information content (AvgIpc) is 3.56. The van der Waals surface area contributed by atoms with Crippen LogP contribution in [0.5, 0.6) is 0 Å². The summed E-state index contributed by atoms with van der Waals surface area (Å²) >= 11 is 1.31. The second-order valence-corrected chi connectivity index (χ2v) is 12.8. The Morgan fingerprint density at radius 3 is 2.42 bits per heavy atom. The molecule has 2 N–H and O–H groups in total. The molecule has 1 saturated heterocycles. The predicted octanol–water partition coefficient (Wildman–Crippen LogP) is 7.89. The van der Waals surface area contributed by atoms with Crippen LogP contribution in [0.1, 0.15) is 81.8 Å². The van der Waals surface area contributed by atoms with E-state index in [2.05, 4.69) is 20.5 Å². The molecule has 45 heavy (non-hydrogen) atoms. The second-order valence-electron chi connectivity index (χ2n) is 11.8. The quantitative estimate of drug-likeness (QED) is 0.190. The molecule has 5 rings (SSSR count). The summed E-state index contributed by atoms with van der Waals surface area (Å²) in [5.74, 6) is -0.150. The van der Waals surface area contributed by atoms with E-state index in [1.54, 1.807) is 49.6 Å². The Balaban J connectivity index is 0.00000226. The molecular formula is C33H42F3N5O3S. The maximum atomic E-state index is 14.1. The monoisotopic (exact) mass is 645 g/mol. The van der Waals surface area contributed by atoms with Crippen LogP contribution in [-0.4, -0.2) is 58.1 Å². The first-order chi connectivity index (χ1) is 21.4. The molecule has 0 atom stereocenters. The summed E-state index contributed by atoms with van der Waals surface area (Å²) < 4.78 is 50.1. The van der Waals surface area contributed by atoms with Gasteiger partial charge < -0.3 is 20.3 Å². The SMILES string of the molecule is CC.CC(C)(C)OC(=O)NCc1ccc(-c2cn3c(n2)sc2cc(C(=O)NCCCN4CCCCC4)ccc23)c(C(F)(F)F)c1. The van der Waals surface area contributed by atoms with Gasteiger partial charge in [0.1, 0.15) is 5.60 Å². The number of imidazole rings is 1. The summed E-state index contributed by atoms with van der Waals surface area (Å²) in [4.78, 5) is 32.2. The van der Waals surface area contributed by atoms with E-state index in [4.69, 9.17) is 4.74 Å². The number of hydrogen-bond donors (Lipinski definition) is 2. The van der Waals surface area contributed by atoms with Gasteiger partial charge >= 0.3 is 12.3 Å². The van der Waals surface area contributed by atoms with E-state index in [1.165, 1.54) is 42.7 Å². The molecule has 0 radical (unpaired) electrons. The van der Waals surface area contributed by atoms with E-state index in [1.807, 2.05) is 13.8 Å². The Hall–Kier alpha value is -3.64. The molecule has 2 aromatic carbocycles. The molecule has 1 aliphatic heterocycles. The van der Waals surface area contributed by atoms with Crippen LogP contribution in [0.15, 0.2) is 42.6 Å². The van der Waals surface area contributed by atoms with Gasteiger partial charge in [-0.3, -0.25) is 9.20 Å². The minimum absolute atomic E-state index is 0.0573. The van der Waals surface area contributed by atoms with Crippen LogP contribution in [0.2, 0.25) is 0 Å². The van der Waals surface area contributed by atoms with Crippen molar-refractivity contribution >= 4 is 38.5 Å². The van der Waals surface area contributed by atoms with Gasteiger partial charge in [0.15, 0.2) is 4.96 Å². The topological polar surface area (TPSA) is 88.0 Å². The Kier molecular flexibility index (Phi) is 11.1. The Morgan fingerprint density at radius 1 is 1.00 bits per heavy atom. The third kappa shape index (κ3) is 8.97. The van der Waals surface area contributed by atoms with Gasteiger partial charge in [0.25, 0.3) is 5.91 Å². The number of carbonyl (C=O) groups is 2. The number of fused-ring (bicyclic) bond motifs is 3. The first-order valence-corrected chi connectivity index (χ1v) is 16.3. The lowest BCUT2D eigenvalue weighted by Crippen LogP contribution is -2.33. The van der Waals surface area contributed by atoms with Crippen molar-refractivity contribution in [3.8, 4) is 11.3 Å². The fourth-order valence-corrected chi connectivity index (χ4v) is 6.26. The molecule has 0 aliphatic carbocycles. The Morgan fingerprint density at radius 2 is 1.73 bits per heavy atom. The summed E-state index contributed by atoms with van der Waals surface area (Å²) in [5.41, 5.74) is 0.137. The largest absolute Gasteiger partial charge is 0.444 e. The van der Waals surface area contributed by atoms with Gasteiger partial charge in [-0.15, -0.1) is 0 Å². The van der Waals surface area contributed by atoms with Gasteiger partial charge in [0.2, 0.25) is 0 Å². The van der Waals surface area contributed by atoms with Gasteiger partial charge in [-0.2, -0.15) is 13.2 Å². The summed E-state index contributed by atoms with van der Waals surface area (Å²) in [6.07, 6.45) is 0.906. The highest BCUT2D eigenvalue weighted by Crippen LogP contribution is 2.39. The van der Waals surface area contributed by atoms with Crippen LogP contribution in [0.25, 0.3) is 26.4 Å². The molecule has 1 aliphatic rings. The van der Waals surface area contributed by atoms with Crippen molar-refractivity contribution in [2.45, 2.75) is 78.6 Å². The molecule has 12 heteroatoms. The minimum Gasteiger partial charge on any atom is -0.444 e. The van der Waals surface area contributed by atoms with Crippen molar-refractivity contribution in [3.05, 3.63) is 59.3 Å². The lowest BCUT2D eigenvalue weighted by atomic mass is 10.0. The molecule has 0 saturated carbocycles. The number of hydrogen-bond acceptors (Lipinski definition) is 6. The van der Waals surface area contributed by atoms with Crippen LogP contribution >= 0.6 is 11.3 Å². The number of carbonyl (C=O) groups excluding carboxylic acids is 2. The fraction of sp³-hybridized carbons (Fsp3) is 0.485. The molecule has 0 bridgehead atoms. The number of likely N-dealkylation sites (tertiary alicyclic amines) is 1. The number of halogens is 3. The highest BCUT2D eigenvalue weighted by molar-refractivity contribution is 7.23. The maximum absolute atomic E-state index is 14.1. The molecule has 2 aromatic heterocycles. The summed E-state index contributed by atoms with van der Waals surface area (Å²) in [6, 6.07) is 9.24. The van der Waals surface area contributed by atoms with Crippen molar-refractivity contribution in [1.29, 1.82) is 0 Å². The first kappa shape index (κ1) is 34.2. The lowest BCUT2D eigenvalue weighted by Gasteiger charge is -2.26. The number of benzene rings is 2. The number of ether oxygens (including phenoxy) is 1. The zero-order valence-corrected chi connectivity index (χ0v) is 27.3. The summed E-state index contributed by atoms with van der Waals surface area (Å²) in [7, 11) is 0. The number of rotatable bonds is 8. The zero-order chi connectivity index (χ0) is 32.8. The van der Waals surface area contributed by atoms with Crippen LogP contribution in [0.3, 0.4) is 0 Å². The number of nitrogens with one attached hydrogen (secondary N) is 2. The van der Waals surface area contributed by atoms with E-state index in [9.17, 15) is 22.8 Å². The van der Waals surface area contributed by atoms with E-state index in [0.717, 1.165) is 42.3 Å².